The van der Waals surface area contributed by atoms with Crippen LogP contribution < -0.4 is 0 Å². The average Bonchev–Trinajstić information content (AvgIpc) is 3.10. The molecule has 0 bridgehead atoms. The largest absolute Gasteiger partial charge is 0.481 e. The molecule has 0 spiro atoms. The standard InChI is InChI=1S/C18H18F3N3O4/c19-18(20,21)13-10-23(9-12(13)17(27)28)16(26)14-6-7-15(25)24(22-14)8-11-4-2-1-3-5-11/h1-5,12-13H,6-10H2,(H,27,28)/t12-,13-/m1/s1. The number of alkyl halides is 3. The molecule has 0 saturated carbocycles. The number of carboxylic acid groups (broad SMARTS) is 1. The number of benzene rings is 1. The fourth-order valence-electron chi connectivity index (χ4n) is 3.37. The lowest BCUT2D eigenvalue weighted by Crippen LogP contribution is -2.41. The molecule has 0 aromatic heterocycles. The maximum Gasteiger partial charge on any atom is 0.394 e. The Morgan fingerprint density at radius 3 is 2.39 bits per heavy atom. The Bertz CT molecular complexity index is 810. The van der Waals surface area contributed by atoms with Crippen LogP contribution in [0.15, 0.2) is 35.4 Å². The molecule has 10 heteroatoms. The van der Waals surface area contributed by atoms with Gasteiger partial charge in [0.2, 0.25) is 5.91 Å². The highest BCUT2D eigenvalue weighted by atomic mass is 19.4. The molecular weight excluding hydrogens is 379 g/mol. The molecular formula is C18H18F3N3O4. The lowest BCUT2D eigenvalue weighted by atomic mass is 9.96. The van der Waals surface area contributed by atoms with E-state index in [0.29, 0.717) is 0 Å². The van der Waals surface area contributed by atoms with Crippen LogP contribution in [0.3, 0.4) is 0 Å². The normalized spacial score (nSPS) is 23.0. The van der Waals surface area contributed by atoms with Gasteiger partial charge in [-0.2, -0.15) is 18.3 Å². The summed E-state index contributed by atoms with van der Waals surface area (Å²) in [7, 11) is 0. The van der Waals surface area contributed by atoms with Crippen LogP contribution in [-0.2, 0) is 20.9 Å². The van der Waals surface area contributed by atoms with Crippen molar-refractivity contribution >= 4 is 23.5 Å². The van der Waals surface area contributed by atoms with Gasteiger partial charge in [-0.05, 0) is 5.56 Å². The minimum Gasteiger partial charge on any atom is -0.481 e. The van der Waals surface area contributed by atoms with E-state index in [-0.39, 0.29) is 31.0 Å². The molecule has 2 atom stereocenters. The van der Waals surface area contributed by atoms with Gasteiger partial charge in [-0.1, -0.05) is 30.3 Å². The molecule has 1 fully saturated rings. The lowest BCUT2D eigenvalue weighted by Gasteiger charge is -2.25. The first-order valence-corrected chi connectivity index (χ1v) is 8.67. The predicted molar refractivity (Wildman–Crippen MR) is 90.9 cm³/mol. The first kappa shape index (κ1) is 19.8. The average molecular weight is 397 g/mol. The van der Waals surface area contributed by atoms with E-state index in [1.54, 1.807) is 24.3 Å². The van der Waals surface area contributed by atoms with E-state index in [4.69, 9.17) is 5.11 Å². The quantitative estimate of drug-likeness (QED) is 0.840. The molecule has 2 aliphatic heterocycles. The molecule has 1 aromatic carbocycles. The zero-order valence-electron chi connectivity index (χ0n) is 14.7. The fourth-order valence-corrected chi connectivity index (χ4v) is 3.37. The van der Waals surface area contributed by atoms with Crippen LogP contribution in [0.5, 0.6) is 0 Å². The van der Waals surface area contributed by atoms with Gasteiger partial charge in [0.25, 0.3) is 5.91 Å². The molecule has 1 aromatic rings. The number of amides is 2. The fraction of sp³-hybridized carbons (Fsp3) is 0.444. The molecule has 2 heterocycles. The SMILES string of the molecule is O=C(O)[C@@H]1CN(C(=O)C2=NN(Cc3ccccc3)C(=O)CC2)C[C@H]1C(F)(F)F. The first-order chi connectivity index (χ1) is 13.2. The third-order valence-corrected chi connectivity index (χ3v) is 4.87. The highest BCUT2D eigenvalue weighted by Gasteiger charge is 2.54. The number of hydrogen-bond acceptors (Lipinski definition) is 4. The summed E-state index contributed by atoms with van der Waals surface area (Å²) in [6.45, 7) is -1.13. The Hall–Kier alpha value is -2.91. The summed E-state index contributed by atoms with van der Waals surface area (Å²) < 4.78 is 39.4. The number of carbonyl (C=O) groups excluding carboxylic acids is 2. The number of hydrazone groups is 1. The highest BCUT2D eigenvalue weighted by Crippen LogP contribution is 2.38. The van der Waals surface area contributed by atoms with Gasteiger partial charge < -0.3 is 10.0 Å². The van der Waals surface area contributed by atoms with Crippen molar-refractivity contribution < 1.29 is 32.7 Å². The summed E-state index contributed by atoms with van der Waals surface area (Å²) in [4.78, 5) is 36.8. The van der Waals surface area contributed by atoms with Crippen LogP contribution in [-0.4, -0.2) is 57.8 Å². The van der Waals surface area contributed by atoms with Crippen molar-refractivity contribution in [2.75, 3.05) is 13.1 Å². The van der Waals surface area contributed by atoms with Crippen molar-refractivity contribution in [1.29, 1.82) is 0 Å². The van der Waals surface area contributed by atoms with Gasteiger partial charge >= 0.3 is 12.1 Å². The van der Waals surface area contributed by atoms with Gasteiger partial charge in [0.1, 0.15) is 5.71 Å². The number of aliphatic carboxylic acids is 1. The Labute approximate surface area is 158 Å². The second-order valence-corrected chi connectivity index (χ2v) is 6.79. The van der Waals surface area contributed by atoms with E-state index in [0.717, 1.165) is 15.5 Å². The number of halogens is 3. The van der Waals surface area contributed by atoms with E-state index >= 15 is 0 Å². The van der Waals surface area contributed by atoms with E-state index in [9.17, 15) is 27.6 Å². The van der Waals surface area contributed by atoms with Crippen LogP contribution in [0.1, 0.15) is 18.4 Å². The summed E-state index contributed by atoms with van der Waals surface area (Å²) >= 11 is 0. The maximum absolute atomic E-state index is 13.1. The van der Waals surface area contributed by atoms with Gasteiger partial charge in [0.05, 0.1) is 18.4 Å². The number of carboxylic acids is 1. The van der Waals surface area contributed by atoms with Crippen molar-refractivity contribution in [2.24, 2.45) is 16.9 Å². The zero-order valence-corrected chi connectivity index (χ0v) is 14.7. The molecule has 1 saturated heterocycles. The lowest BCUT2D eigenvalue weighted by molar-refractivity contribution is -0.188. The molecule has 2 amide bonds. The minimum absolute atomic E-state index is 0.00782. The monoisotopic (exact) mass is 397 g/mol. The molecule has 0 radical (unpaired) electrons. The number of carbonyl (C=O) groups is 3. The number of nitrogens with zero attached hydrogens (tertiary/aromatic N) is 3. The van der Waals surface area contributed by atoms with Crippen LogP contribution >= 0.6 is 0 Å². The molecule has 28 heavy (non-hydrogen) atoms. The molecule has 0 aliphatic carbocycles. The van der Waals surface area contributed by atoms with Crippen molar-refractivity contribution in [3.63, 3.8) is 0 Å². The molecule has 150 valence electrons. The number of likely N-dealkylation sites (tertiary alicyclic amines) is 1. The summed E-state index contributed by atoms with van der Waals surface area (Å²) in [5, 5.41) is 14.2. The highest BCUT2D eigenvalue weighted by molar-refractivity contribution is 6.39. The van der Waals surface area contributed by atoms with Gasteiger partial charge in [-0.25, -0.2) is 5.01 Å². The molecule has 3 rings (SSSR count). The van der Waals surface area contributed by atoms with Gasteiger partial charge in [-0.3, -0.25) is 14.4 Å². The van der Waals surface area contributed by atoms with Crippen molar-refractivity contribution in [3.05, 3.63) is 35.9 Å². The van der Waals surface area contributed by atoms with E-state index in [1.807, 2.05) is 6.07 Å². The summed E-state index contributed by atoms with van der Waals surface area (Å²) in [5.74, 6) is -6.48. The summed E-state index contributed by atoms with van der Waals surface area (Å²) in [6.07, 6.45) is -4.70. The number of rotatable bonds is 4. The van der Waals surface area contributed by atoms with E-state index < -0.39 is 43.0 Å². The molecule has 0 unspecified atom stereocenters. The first-order valence-electron chi connectivity index (χ1n) is 8.67. The Morgan fingerprint density at radius 1 is 1.14 bits per heavy atom. The van der Waals surface area contributed by atoms with Crippen LogP contribution in [0.2, 0.25) is 0 Å². The minimum atomic E-state index is -4.72. The van der Waals surface area contributed by atoms with Crippen LogP contribution in [0.4, 0.5) is 13.2 Å². The third-order valence-electron chi connectivity index (χ3n) is 4.87. The van der Waals surface area contributed by atoms with Crippen molar-refractivity contribution in [1.82, 2.24) is 9.91 Å². The van der Waals surface area contributed by atoms with E-state index in [2.05, 4.69) is 5.10 Å². The van der Waals surface area contributed by atoms with Gasteiger partial charge in [-0.15, -0.1) is 0 Å². The Balaban J connectivity index is 1.77. The summed E-state index contributed by atoms with van der Waals surface area (Å²) in [6, 6.07) is 8.94. The van der Waals surface area contributed by atoms with Crippen molar-refractivity contribution in [2.45, 2.75) is 25.6 Å². The van der Waals surface area contributed by atoms with Gasteiger partial charge in [0.15, 0.2) is 0 Å². The topological polar surface area (TPSA) is 90.3 Å². The maximum atomic E-state index is 13.1. The number of hydrogen-bond donors (Lipinski definition) is 1. The second kappa shape index (κ2) is 7.61. The summed E-state index contributed by atoms with van der Waals surface area (Å²) in [5.41, 5.74) is 0.750. The predicted octanol–water partition coefficient (Wildman–Crippen LogP) is 1.89. The smallest absolute Gasteiger partial charge is 0.394 e. The second-order valence-electron chi connectivity index (χ2n) is 6.79. The molecule has 1 N–H and O–H groups in total. The third kappa shape index (κ3) is 4.15. The van der Waals surface area contributed by atoms with Crippen molar-refractivity contribution in [3.8, 4) is 0 Å². The van der Waals surface area contributed by atoms with Gasteiger partial charge in [0, 0.05) is 25.9 Å². The zero-order chi connectivity index (χ0) is 20.5. The van der Waals surface area contributed by atoms with E-state index in [1.165, 1.54) is 0 Å². The molecule has 2 aliphatic rings. The van der Waals surface area contributed by atoms with Crippen LogP contribution in [0, 0.1) is 11.8 Å². The Morgan fingerprint density at radius 2 is 1.82 bits per heavy atom. The Kier molecular flexibility index (Phi) is 5.39. The molecule has 7 nitrogen and oxygen atoms in total. The van der Waals surface area contributed by atoms with Crippen LogP contribution in [0.25, 0.3) is 0 Å².